The molecule has 0 saturated carbocycles. The van der Waals surface area contributed by atoms with E-state index in [0.717, 1.165) is 5.56 Å². The number of rotatable bonds is 3. The summed E-state index contributed by atoms with van der Waals surface area (Å²) in [6, 6.07) is 6.51. The van der Waals surface area contributed by atoms with E-state index in [2.05, 4.69) is 4.99 Å². The van der Waals surface area contributed by atoms with Crippen molar-refractivity contribution < 1.29 is 15.0 Å². The molecule has 2 rings (SSSR count). The summed E-state index contributed by atoms with van der Waals surface area (Å²) in [5, 5.41) is 18.0. The summed E-state index contributed by atoms with van der Waals surface area (Å²) in [5.74, 6) is 0.546. The largest absolute Gasteiger partial charge is 0.508 e. The van der Waals surface area contributed by atoms with Gasteiger partial charge in [-0.2, -0.15) is 0 Å². The smallest absolute Gasteiger partial charge is 0.277 e. The number of nitrogens with zero attached hydrogens (tertiary/aromatic N) is 2. The number of aliphatic hydroxyl groups excluding tert-OH is 1. The second-order valence-corrected chi connectivity index (χ2v) is 3.96. The van der Waals surface area contributed by atoms with Gasteiger partial charge in [-0.1, -0.05) is 12.1 Å². The van der Waals surface area contributed by atoms with Gasteiger partial charge in [0.1, 0.15) is 17.3 Å². The van der Waals surface area contributed by atoms with Gasteiger partial charge in [-0.05, 0) is 30.7 Å². The SMILES string of the molecule is CC1=N/C(=C\c2ccc(O)cc2)C(=O)N1CCO. The number of β-amino-alcohol motifs (C(OH)–C–C–N with tert-alkyl or cyclic N) is 1. The Morgan fingerprint density at radius 1 is 1.33 bits per heavy atom. The van der Waals surface area contributed by atoms with Gasteiger partial charge in [-0.25, -0.2) is 4.99 Å². The molecule has 1 aliphatic heterocycles. The van der Waals surface area contributed by atoms with Crippen molar-refractivity contribution >= 4 is 17.8 Å². The third kappa shape index (κ3) is 2.41. The first-order chi connectivity index (χ1) is 8.61. The van der Waals surface area contributed by atoms with Gasteiger partial charge in [0.15, 0.2) is 0 Å². The highest BCUT2D eigenvalue weighted by molar-refractivity contribution is 6.13. The Morgan fingerprint density at radius 2 is 2.00 bits per heavy atom. The predicted octanol–water partition coefficient (Wildman–Crippen LogP) is 0.986. The highest BCUT2D eigenvalue weighted by Gasteiger charge is 2.26. The van der Waals surface area contributed by atoms with Crippen LogP contribution in [0.1, 0.15) is 12.5 Å². The van der Waals surface area contributed by atoms with Crippen molar-refractivity contribution in [2.24, 2.45) is 4.99 Å². The molecule has 1 heterocycles. The van der Waals surface area contributed by atoms with Crippen LogP contribution in [0.5, 0.6) is 5.75 Å². The fourth-order valence-corrected chi connectivity index (χ4v) is 1.75. The van der Waals surface area contributed by atoms with Gasteiger partial charge in [-0.15, -0.1) is 0 Å². The number of phenols is 1. The van der Waals surface area contributed by atoms with Gasteiger partial charge < -0.3 is 10.2 Å². The third-order valence-corrected chi connectivity index (χ3v) is 2.66. The molecule has 1 aromatic carbocycles. The van der Waals surface area contributed by atoms with E-state index < -0.39 is 0 Å². The van der Waals surface area contributed by atoms with Crippen LogP contribution in [-0.4, -0.2) is 40.0 Å². The standard InChI is InChI=1S/C13H14N2O3/c1-9-14-12(13(18)15(9)6-7-16)8-10-2-4-11(17)5-3-10/h2-5,8,16-17H,6-7H2,1H3/b12-8-. The molecule has 0 radical (unpaired) electrons. The number of hydrogen-bond donors (Lipinski definition) is 2. The topological polar surface area (TPSA) is 73.1 Å². The van der Waals surface area contributed by atoms with E-state index in [1.165, 1.54) is 4.90 Å². The maximum absolute atomic E-state index is 12.0. The summed E-state index contributed by atoms with van der Waals surface area (Å²) in [6.45, 7) is 1.89. The summed E-state index contributed by atoms with van der Waals surface area (Å²) < 4.78 is 0. The molecule has 1 aliphatic rings. The molecule has 18 heavy (non-hydrogen) atoms. The minimum atomic E-state index is -0.213. The molecule has 0 fully saturated rings. The van der Waals surface area contributed by atoms with Crippen LogP contribution in [0.2, 0.25) is 0 Å². The second kappa shape index (κ2) is 5.01. The molecule has 0 saturated heterocycles. The van der Waals surface area contributed by atoms with Gasteiger partial charge >= 0.3 is 0 Å². The number of aromatic hydroxyl groups is 1. The minimum Gasteiger partial charge on any atom is -0.508 e. The lowest BCUT2D eigenvalue weighted by Crippen LogP contribution is -2.32. The molecule has 0 spiro atoms. The average molecular weight is 246 g/mol. The molecular formula is C13H14N2O3. The molecule has 2 N–H and O–H groups in total. The number of amides is 1. The zero-order chi connectivity index (χ0) is 13.1. The lowest BCUT2D eigenvalue weighted by atomic mass is 10.2. The number of carbonyl (C=O) groups is 1. The van der Waals surface area contributed by atoms with Gasteiger partial charge in [0.2, 0.25) is 0 Å². The molecule has 0 aliphatic carbocycles. The predicted molar refractivity (Wildman–Crippen MR) is 68.0 cm³/mol. The van der Waals surface area contributed by atoms with Crippen molar-refractivity contribution in [3.8, 4) is 5.75 Å². The summed E-state index contributed by atoms with van der Waals surface area (Å²) in [4.78, 5) is 17.6. The van der Waals surface area contributed by atoms with Crippen LogP contribution in [-0.2, 0) is 4.79 Å². The van der Waals surface area contributed by atoms with E-state index in [1.54, 1.807) is 37.3 Å². The molecule has 0 bridgehead atoms. The Kier molecular flexibility index (Phi) is 3.43. The van der Waals surface area contributed by atoms with Crippen molar-refractivity contribution in [1.29, 1.82) is 0 Å². The molecule has 5 nitrogen and oxygen atoms in total. The first-order valence-electron chi connectivity index (χ1n) is 5.60. The Morgan fingerprint density at radius 3 is 2.61 bits per heavy atom. The van der Waals surface area contributed by atoms with Crippen LogP contribution in [0, 0.1) is 0 Å². The Hall–Kier alpha value is -2.14. The molecule has 1 amide bonds. The number of amidine groups is 1. The van der Waals surface area contributed by atoms with Crippen LogP contribution < -0.4 is 0 Å². The van der Waals surface area contributed by atoms with Gasteiger partial charge in [0.05, 0.1) is 13.2 Å². The molecule has 0 atom stereocenters. The molecular weight excluding hydrogens is 232 g/mol. The summed E-state index contributed by atoms with van der Waals surface area (Å²) in [5.41, 5.74) is 1.13. The number of benzene rings is 1. The second-order valence-electron chi connectivity index (χ2n) is 3.96. The third-order valence-electron chi connectivity index (χ3n) is 2.66. The average Bonchev–Trinajstić information content (AvgIpc) is 2.60. The fraction of sp³-hybridized carbons (Fsp3) is 0.231. The minimum absolute atomic E-state index is 0.0922. The van der Waals surface area contributed by atoms with E-state index in [1.807, 2.05) is 0 Å². The lowest BCUT2D eigenvalue weighted by molar-refractivity contribution is -0.123. The van der Waals surface area contributed by atoms with Crippen molar-refractivity contribution in [3.63, 3.8) is 0 Å². The van der Waals surface area contributed by atoms with Gasteiger partial charge in [0.25, 0.3) is 5.91 Å². The van der Waals surface area contributed by atoms with Crippen LogP contribution >= 0.6 is 0 Å². The monoisotopic (exact) mass is 246 g/mol. The van der Waals surface area contributed by atoms with Crippen molar-refractivity contribution in [2.75, 3.05) is 13.2 Å². The van der Waals surface area contributed by atoms with E-state index in [9.17, 15) is 9.90 Å². The van der Waals surface area contributed by atoms with E-state index in [0.29, 0.717) is 11.5 Å². The Bertz CT molecular complexity index is 518. The molecule has 94 valence electrons. The summed E-state index contributed by atoms with van der Waals surface area (Å²) >= 11 is 0. The number of aliphatic imine (C=N–C) groups is 1. The highest BCUT2D eigenvalue weighted by Crippen LogP contribution is 2.19. The van der Waals surface area contributed by atoms with Crippen LogP contribution in [0.25, 0.3) is 6.08 Å². The van der Waals surface area contributed by atoms with Crippen molar-refractivity contribution in [2.45, 2.75) is 6.92 Å². The van der Waals surface area contributed by atoms with Crippen LogP contribution in [0.15, 0.2) is 35.0 Å². The van der Waals surface area contributed by atoms with E-state index in [-0.39, 0.29) is 24.8 Å². The maximum Gasteiger partial charge on any atom is 0.277 e. The lowest BCUT2D eigenvalue weighted by Gasteiger charge is -2.13. The quantitative estimate of drug-likeness (QED) is 0.781. The zero-order valence-electron chi connectivity index (χ0n) is 10.00. The highest BCUT2D eigenvalue weighted by atomic mass is 16.3. The first-order valence-corrected chi connectivity index (χ1v) is 5.60. The number of phenolic OH excluding ortho intramolecular Hbond substituents is 1. The van der Waals surface area contributed by atoms with Crippen molar-refractivity contribution in [1.82, 2.24) is 4.90 Å². The maximum atomic E-state index is 12.0. The number of aliphatic hydroxyl groups is 1. The van der Waals surface area contributed by atoms with Crippen molar-refractivity contribution in [3.05, 3.63) is 35.5 Å². The van der Waals surface area contributed by atoms with Gasteiger partial charge in [-0.3, -0.25) is 9.69 Å². The van der Waals surface area contributed by atoms with E-state index >= 15 is 0 Å². The molecule has 5 heteroatoms. The summed E-state index contributed by atoms with van der Waals surface area (Å²) in [6.07, 6.45) is 1.66. The first kappa shape index (κ1) is 12.3. The number of hydrogen-bond acceptors (Lipinski definition) is 4. The molecule has 0 aromatic heterocycles. The van der Waals surface area contributed by atoms with Crippen LogP contribution in [0.3, 0.4) is 0 Å². The summed E-state index contributed by atoms with van der Waals surface area (Å²) in [7, 11) is 0. The Labute approximate surface area is 105 Å². The van der Waals surface area contributed by atoms with E-state index in [4.69, 9.17) is 5.11 Å². The van der Waals surface area contributed by atoms with Gasteiger partial charge in [0, 0.05) is 0 Å². The number of carbonyl (C=O) groups excluding carboxylic acids is 1. The molecule has 1 aromatic rings. The molecule has 0 unspecified atom stereocenters. The van der Waals surface area contributed by atoms with Crippen LogP contribution in [0.4, 0.5) is 0 Å². The normalized spacial score (nSPS) is 17.4. The Balaban J connectivity index is 2.25. The zero-order valence-corrected chi connectivity index (χ0v) is 10.00. The fourth-order valence-electron chi connectivity index (χ4n) is 1.75.